The maximum Gasteiger partial charge on any atom is 0.0431 e. The Morgan fingerprint density at radius 2 is 1.92 bits per heavy atom. The van der Waals surface area contributed by atoms with Gasteiger partial charge >= 0.3 is 0 Å². The molecule has 0 aromatic heterocycles. The van der Waals surface area contributed by atoms with Crippen molar-refractivity contribution in [2.24, 2.45) is 5.41 Å². The van der Waals surface area contributed by atoms with Gasteiger partial charge in [-0.2, -0.15) is 0 Å². The maximum absolute atomic E-state index is 8.85. The first kappa shape index (κ1) is 11.0. The molecule has 1 aliphatic rings. The third-order valence-corrected chi connectivity index (χ3v) is 3.66. The summed E-state index contributed by atoms with van der Waals surface area (Å²) < 4.78 is 0. The van der Waals surface area contributed by atoms with E-state index in [4.69, 9.17) is 5.11 Å². The van der Waals surface area contributed by atoms with Crippen LogP contribution in [0.15, 0.2) is 0 Å². The number of aliphatic hydroxyl groups excluding tert-OH is 1. The van der Waals surface area contributed by atoms with Gasteiger partial charge in [0.1, 0.15) is 0 Å². The van der Waals surface area contributed by atoms with Crippen LogP contribution in [0, 0.1) is 5.41 Å². The van der Waals surface area contributed by atoms with Gasteiger partial charge in [-0.05, 0) is 51.2 Å². The summed E-state index contributed by atoms with van der Waals surface area (Å²) in [5.41, 5.74) is 0.551. The predicted octanol–water partition coefficient (Wildman–Crippen LogP) is 1.88. The van der Waals surface area contributed by atoms with E-state index in [0.29, 0.717) is 12.0 Å². The monoisotopic (exact) mass is 185 g/mol. The second-order valence-corrected chi connectivity index (χ2v) is 4.48. The smallest absolute Gasteiger partial charge is 0.0431 e. The Kier molecular flexibility index (Phi) is 4.20. The van der Waals surface area contributed by atoms with Crippen molar-refractivity contribution in [3.05, 3.63) is 0 Å². The fourth-order valence-corrected chi connectivity index (χ4v) is 2.33. The van der Waals surface area contributed by atoms with Crippen molar-refractivity contribution in [3.63, 3.8) is 0 Å². The Labute approximate surface area is 81.9 Å². The van der Waals surface area contributed by atoms with E-state index in [0.717, 1.165) is 6.42 Å². The molecule has 0 bridgehead atoms. The minimum Gasteiger partial charge on any atom is -0.396 e. The molecule has 1 aliphatic heterocycles. The van der Waals surface area contributed by atoms with Crippen LogP contribution in [-0.4, -0.2) is 36.8 Å². The highest BCUT2D eigenvalue weighted by Gasteiger charge is 2.30. The molecule has 0 aromatic carbocycles. The molecule has 2 nitrogen and oxygen atoms in total. The van der Waals surface area contributed by atoms with E-state index in [1.165, 1.54) is 38.8 Å². The first-order valence-electron chi connectivity index (χ1n) is 5.52. The van der Waals surface area contributed by atoms with Gasteiger partial charge in [0.05, 0.1) is 0 Å². The fraction of sp³-hybridized carbons (Fsp3) is 1.00. The van der Waals surface area contributed by atoms with Crippen LogP contribution in [-0.2, 0) is 0 Å². The lowest BCUT2D eigenvalue weighted by atomic mass is 9.73. The van der Waals surface area contributed by atoms with Gasteiger partial charge in [-0.25, -0.2) is 0 Å². The van der Waals surface area contributed by atoms with Gasteiger partial charge in [-0.15, -0.1) is 0 Å². The fourth-order valence-electron chi connectivity index (χ4n) is 2.33. The number of likely N-dealkylation sites (tertiary alicyclic amines) is 1. The summed E-state index contributed by atoms with van der Waals surface area (Å²) in [6.45, 7) is 5.12. The van der Waals surface area contributed by atoms with Crippen LogP contribution in [0.5, 0.6) is 0 Å². The summed E-state index contributed by atoms with van der Waals surface area (Å²) in [6.07, 6.45) is 6.12. The molecule has 1 fully saturated rings. The Morgan fingerprint density at radius 3 is 2.38 bits per heavy atom. The molecule has 78 valence electrons. The number of hydrogen-bond acceptors (Lipinski definition) is 2. The van der Waals surface area contributed by atoms with E-state index in [1.54, 1.807) is 0 Å². The average molecular weight is 185 g/mol. The molecule has 2 heteroatoms. The molecular formula is C11H23NO. The first-order valence-corrected chi connectivity index (χ1v) is 5.52. The molecule has 1 saturated heterocycles. The van der Waals surface area contributed by atoms with Crippen LogP contribution in [0.25, 0.3) is 0 Å². The van der Waals surface area contributed by atoms with Crippen molar-refractivity contribution in [2.45, 2.75) is 39.0 Å². The minimum absolute atomic E-state index is 0.359. The number of hydrogen-bond donors (Lipinski definition) is 1. The Bertz CT molecular complexity index is 134. The van der Waals surface area contributed by atoms with E-state index in [-0.39, 0.29) is 0 Å². The lowest BCUT2D eigenvalue weighted by molar-refractivity contribution is 0.0979. The number of piperidine rings is 1. The Balaban J connectivity index is 2.40. The zero-order valence-electron chi connectivity index (χ0n) is 9.05. The lowest BCUT2D eigenvalue weighted by Crippen LogP contribution is -2.37. The molecule has 13 heavy (non-hydrogen) atoms. The van der Waals surface area contributed by atoms with Gasteiger partial charge in [0.2, 0.25) is 0 Å². The van der Waals surface area contributed by atoms with Crippen LogP contribution >= 0.6 is 0 Å². The summed E-state index contributed by atoms with van der Waals surface area (Å²) in [7, 11) is 2.20. The third kappa shape index (κ3) is 2.96. The van der Waals surface area contributed by atoms with Crippen LogP contribution in [0.4, 0.5) is 0 Å². The van der Waals surface area contributed by atoms with Crippen molar-refractivity contribution in [1.82, 2.24) is 4.90 Å². The average Bonchev–Trinajstić information content (AvgIpc) is 2.18. The second-order valence-electron chi connectivity index (χ2n) is 4.48. The molecule has 1 N–H and O–H groups in total. The molecule has 1 heterocycles. The van der Waals surface area contributed by atoms with Gasteiger partial charge in [-0.3, -0.25) is 0 Å². The molecule has 0 amide bonds. The number of rotatable bonds is 4. The Hall–Kier alpha value is -0.0800. The molecule has 0 aliphatic carbocycles. The highest BCUT2D eigenvalue weighted by Crippen LogP contribution is 2.38. The lowest BCUT2D eigenvalue weighted by Gasteiger charge is -2.40. The second kappa shape index (κ2) is 4.97. The number of aliphatic hydroxyl groups is 1. The third-order valence-electron chi connectivity index (χ3n) is 3.66. The highest BCUT2D eigenvalue weighted by atomic mass is 16.2. The van der Waals surface area contributed by atoms with Crippen LogP contribution in [0.3, 0.4) is 0 Å². The summed E-state index contributed by atoms with van der Waals surface area (Å²) in [6, 6.07) is 0. The Morgan fingerprint density at radius 1 is 1.31 bits per heavy atom. The summed E-state index contributed by atoms with van der Waals surface area (Å²) in [5, 5.41) is 8.85. The summed E-state index contributed by atoms with van der Waals surface area (Å²) in [4.78, 5) is 2.41. The van der Waals surface area contributed by atoms with Gasteiger partial charge in [0.15, 0.2) is 0 Å². The van der Waals surface area contributed by atoms with Crippen molar-refractivity contribution >= 4 is 0 Å². The van der Waals surface area contributed by atoms with Crippen LogP contribution in [0.2, 0.25) is 0 Å². The molecular weight excluding hydrogens is 162 g/mol. The van der Waals surface area contributed by atoms with E-state index in [1.807, 2.05) is 0 Å². The van der Waals surface area contributed by atoms with Crippen molar-refractivity contribution < 1.29 is 5.11 Å². The molecule has 1 rings (SSSR count). The minimum atomic E-state index is 0.359. The number of nitrogens with zero attached hydrogens (tertiary/aromatic N) is 1. The zero-order chi connectivity index (χ0) is 9.73. The predicted molar refractivity (Wildman–Crippen MR) is 55.8 cm³/mol. The molecule has 0 atom stereocenters. The van der Waals surface area contributed by atoms with Crippen molar-refractivity contribution in [1.29, 1.82) is 0 Å². The summed E-state index contributed by atoms with van der Waals surface area (Å²) >= 11 is 0. The van der Waals surface area contributed by atoms with Gasteiger partial charge in [0, 0.05) is 6.61 Å². The van der Waals surface area contributed by atoms with Gasteiger partial charge < -0.3 is 10.0 Å². The van der Waals surface area contributed by atoms with Gasteiger partial charge in [-0.1, -0.05) is 13.3 Å². The van der Waals surface area contributed by atoms with Crippen LogP contribution in [0.1, 0.15) is 39.0 Å². The molecule has 0 radical (unpaired) electrons. The van der Waals surface area contributed by atoms with E-state index in [9.17, 15) is 0 Å². The van der Waals surface area contributed by atoms with Gasteiger partial charge in [0.25, 0.3) is 0 Å². The van der Waals surface area contributed by atoms with E-state index >= 15 is 0 Å². The van der Waals surface area contributed by atoms with Crippen molar-refractivity contribution in [3.8, 4) is 0 Å². The summed E-state index contributed by atoms with van der Waals surface area (Å²) in [5.74, 6) is 0. The molecule has 0 aromatic rings. The van der Waals surface area contributed by atoms with Crippen molar-refractivity contribution in [2.75, 3.05) is 26.7 Å². The molecule has 0 unspecified atom stereocenters. The zero-order valence-corrected chi connectivity index (χ0v) is 9.05. The molecule has 0 saturated carbocycles. The highest BCUT2D eigenvalue weighted by molar-refractivity contribution is 4.83. The van der Waals surface area contributed by atoms with E-state index in [2.05, 4.69) is 18.9 Å². The van der Waals surface area contributed by atoms with Crippen LogP contribution < -0.4 is 0 Å². The first-order chi connectivity index (χ1) is 6.22. The normalized spacial score (nSPS) is 23.3. The molecule has 0 spiro atoms. The van der Waals surface area contributed by atoms with E-state index < -0.39 is 0 Å². The largest absolute Gasteiger partial charge is 0.396 e. The maximum atomic E-state index is 8.85. The standard InChI is InChI=1S/C11H23NO/c1-3-11(5-4-10-13)6-8-12(2)9-7-11/h13H,3-10H2,1-2H3. The topological polar surface area (TPSA) is 23.5 Å². The SMILES string of the molecule is CCC1(CCCO)CCN(C)CC1. The quantitative estimate of drug-likeness (QED) is 0.723.